The van der Waals surface area contributed by atoms with Gasteiger partial charge >= 0.3 is 0 Å². The van der Waals surface area contributed by atoms with Crippen molar-refractivity contribution in [2.24, 2.45) is 7.05 Å². The van der Waals surface area contributed by atoms with Gasteiger partial charge in [0.1, 0.15) is 7.05 Å². The maximum absolute atomic E-state index is 10.2. The van der Waals surface area contributed by atoms with E-state index in [1.54, 1.807) is 0 Å². The molecule has 1 rings (SSSR count). The zero-order chi connectivity index (χ0) is 21.6. The summed E-state index contributed by atoms with van der Waals surface area (Å²) < 4.78 is 1.99. The summed E-state index contributed by atoms with van der Waals surface area (Å²) in [6.07, 6.45) is 26.7. The third-order valence-corrected chi connectivity index (χ3v) is 4.88. The molecule has 3 heteroatoms. The molecule has 1 heterocycles. The zero-order valence-corrected chi connectivity index (χ0v) is 18.9. The number of aliphatic carboxylic acids is 1. The van der Waals surface area contributed by atoms with Crippen LogP contribution < -0.4 is 9.67 Å². The van der Waals surface area contributed by atoms with E-state index in [0.29, 0.717) is 0 Å². The number of rotatable bonds is 16. The topological polar surface area (TPSA) is 44.0 Å². The number of pyridine rings is 1. The Balaban J connectivity index is 0.000000717. The number of carbonyl (C=O) groups excluding carboxylic acids is 1. The number of aryl methyl sites for hydroxylation is 1. The summed E-state index contributed by atoms with van der Waals surface area (Å²) in [6, 6.07) is 4.04. The maximum atomic E-state index is 10.2. The van der Waals surface area contributed by atoms with Crippen LogP contribution >= 0.6 is 0 Å². The minimum Gasteiger partial charge on any atom is -0.550 e. The van der Waals surface area contributed by atoms with Crippen molar-refractivity contribution in [1.29, 1.82) is 0 Å². The van der Waals surface area contributed by atoms with E-state index in [1.165, 1.54) is 64.2 Å². The highest BCUT2D eigenvalue weighted by molar-refractivity contribution is 5.64. The van der Waals surface area contributed by atoms with Crippen molar-refractivity contribution in [3.63, 3.8) is 0 Å². The van der Waals surface area contributed by atoms with Gasteiger partial charge in [-0.05, 0) is 44.1 Å². The van der Waals surface area contributed by atoms with Gasteiger partial charge in [-0.2, -0.15) is 0 Å². The predicted octanol–water partition coefficient (Wildman–Crippen LogP) is 5.93. The standard InChI is InChI=1S/C18H34O2.C8H10N/c1-2-3-4-5-6-7-8-9-10-11-12-13-14-15-16-17-18(19)20;1-3-8-4-6-9(2)7-5-8/h9-10H,2-8,11-17H2,1H3,(H,19,20);3-7H,1H2,2H3/q;+1/p-1/b10-9-;. The highest BCUT2D eigenvalue weighted by Crippen LogP contribution is 2.09. The van der Waals surface area contributed by atoms with Crippen molar-refractivity contribution in [2.45, 2.75) is 96.8 Å². The molecule has 1 aromatic heterocycles. The van der Waals surface area contributed by atoms with Crippen molar-refractivity contribution in [3.8, 4) is 0 Å². The lowest BCUT2D eigenvalue weighted by molar-refractivity contribution is -0.671. The van der Waals surface area contributed by atoms with Crippen LogP contribution in [0, 0.1) is 0 Å². The van der Waals surface area contributed by atoms with Crippen molar-refractivity contribution < 1.29 is 14.5 Å². The first kappa shape index (κ1) is 27.1. The molecule has 1 aromatic rings. The fourth-order valence-electron chi connectivity index (χ4n) is 2.99. The molecule has 0 saturated heterocycles. The molecule has 0 spiro atoms. The molecule has 0 atom stereocenters. The molecule has 0 saturated carbocycles. The average Bonchev–Trinajstić information content (AvgIpc) is 2.72. The van der Waals surface area contributed by atoms with E-state index in [-0.39, 0.29) is 6.42 Å². The molecule has 0 N–H and O–H groups in total. The summed E-state index contributed by atoms with van der Waals surface area (Å²) in [4.78, 5) is 10.2. The Labute approximate surface area is 179 Å². The number of carboxylic acids is 1. The number of carboxylic acid groups (broad SMARTS) is 1. The van der Waals surface area contributed by atoms with Crippen LogP contribution in [0.5, 0.6) is 0 Å². The lowest BCUT2D eigenvalue weighted by Crippen LogP contribution is -2.25. The second kappa shape index (κ2) is 20.8. The molecule has 0 aliphatic rings. The quantitative estimate of drug-likeness (QED) is 0.196. The third-order valence-electron chi connectivity index (χ3n) is 4.88. The Morgan fingerprint density at radius 2 is 1.38 bits per heavy atom. The molecule has 0 fully saturated rings. The minimum absolute atomic E-state index is 0.220. The lowest BCUT2D eigenvalue weighted by Gasteiger charge is -2.01. The average molecular weight is 402 g/mol. The number of hydrogen-bond acceptors (Lipinski definition) is 2. The predicted molar refractivity (Wildman–Crippen MR) is 122 cm³/mol. The number of nitrogens with zero attached hydrogens (tertiary/aromatic N) is 1. The Bertz CT molecular complexity index is 534. The van der Waals surface area contributed by atoms with E-state index < -0.39 is 5.97 Å². The lowest BCUT2D eigenvalue weighted by atomic mass is 10.1. The fraction of sp³-hybridized carbons (Fsp3) is 0.615. The number of allylic oxidation sites excluding steroid dienone is 2. The molecule has 0 aliphatic carbocycles. The van der Waals surface area contributed by atoms with Gasteiger partial charge in [0.05, 0.1) is 0 Å². The van der Waals surface area contributed by atoms with Crippen LogP contribution in [-0.4, -0.2) is 5.97 Å². The van der Waals surface area contributed by atoms with Gasteiger partial charge in [0, 0.05) is 18.1 Å². The Morgan fingerprint density at radius 1 is 0.897 bits per heavy atom. The summed E-state index contributed by atoms with van der Waals surface area (Å²) in [7, 11) is 1.99. The molecule has 0 radical (unpaired) electrons. The molecule has 3 nitrogen and oxygen atoms in total. The third kappa shape index (κ3) is 20.6. The molecule has 29 heavy (non-hydrogen) atoms. The van der Waals surface area contributed by atoms with E-state index in [9.17, 15) is 9.90 Å². The molecular formula is C26H43NO2. The Morgan fingerprint density at radius 3 is 1.86 bits per heavy atom. The van der Waals surface area contributed by atoms with Crippen molar-refractivity contribution in [2.75, 3.05) is 0 Å². The number of aromatic nitrogens is 1. The largest absolute Gasteiger partial charge is 0.550 e. The summed E-state index contributed by atoms with van der Waals surface area (Å²) in [5, 5.41) is 10.2. The van der Waals surface area contributed by atoms with Crippen LogP contribution in [0.3, 0.4) is 0 Å². The van der Waals surface area contributed by atoms with Gasteiger partial charge in [-0.3, -0.25) is 0 Å². The second-order valence-corrected chi connectivity index (χ2v) is 7.71. The van der Waals surface area contributed by atoms with Crippen LogP contribution in [-0.2, 0) is 11.8 Å². The first-order valence-corrected chi connectivity index (χ1v) is 11.5. The molecule has 164 valence electrons. The van der Waals surface area contributed by atoms with Crippen LogP contribution in [0.15, 0.2) is 43.3 Å². The van der Waals surface area contributed by atoms with E-state index in [2.05, 4.69) is 25.7 Å². The van der Waals surface area contributed by atoms with Crippen LogP contribution in [0.1, 0.15) is 102 Å². The van der Waals surface area contributed by atoms with Crippen LogP contribution in [0.4, 0.5) is 0 Å². The number of unbranched alkanes of at least 4 members (excludes halogenated alkanes) is 11. The molecule has 0 aliphatic heterocycles. The monoisotopic (exact) mass is 401 g/mol. The Kier molecular flexibility index (Phi) is 19.5. The summed E-state index contributed by atoms with van der Waals surface area (Å²) in [6.45, 7) is 5.91. The van der Waals surface area contributed by atoms with Gasteiger partial charge in [-0.1, -0.05) is 83.1 Å². The van der Waals surface area contributed by atoms with Gasteiger partial charge in [-0.25, -0.2) is 4.57 Å². The SMILES string of the molecule is C=Cc1cc[n+](C)cc1.CCCCCCCC/C=C\CCCCCCCC(=O)[O-]. The molecule has 0 bridgehead atoms. The summed E-state index contributed by atoms with van der Waals surface area (Å²) >= 11 is 0. The summed E-state index contributed by atoms with van der Waals surface area (Å²) in [5.41, 5.74) is 1.16. The minimum atomic E-state index is -0.914. The fourth-order valence-corrected chi connectivity index (χ4v) is 2.99. The van der Waals surface area contributed by atoms with Crippen molar-refractivity contribution in [3.05, 3.63) is 48.8 Å². The van der Waals surface area contributed by atoms with E-state index in [4.69, 9.17) is 0 Å². The van der Waals surface area contributed by atoms with Crippen molar-refractivity contribution in [1.82, 2.24) is 0 Å². The van der Waals surface area contributed by atoms with Gasteiger partial charge in [0.25, 0.3) is 0 Å². The molecule has 0 aromatic carbocycles. The zero-order valence-electron chi connectivity index (χ0n) is 18.9. The first-order valence-electron chi connectivity index (χ1n) is 11.5. The van der Waals surface area contributed by atoms with Gasteiger partial charge in [0.2, 0.25) is 0 Å². The van der Waals surface area contributed by atoms with Crippen LogP contribution in [0.25, 0.3) is 6.08 Å². The summed E-state index contributed by atoms with van der Waals surface area (Å²) in [5.74, 6) is -0.914. The van der Waals surface area contributed by atoms with E-state index in [0.717, 1.165) is 24.8 Å². The van der Waals surface area contributed by atoms with Gasteiger partial charge in [-0.15, -0.1) is 0 Å². The Hall–Kier alpha value is -1.90. The normalized spacial score (nSPS) is 10.6. The van der Waals surface area contributed by atoms with Gasteiger partial charge < -0.3 is 9.90 Å². The smallest absolute Gasteiger partial charge is 0.169 e. The number of carbonyl (C=O) groups is 1. The van der Waals surface area contributed by atoms with Crippen molar-refractivity contribution >= 4 is 12.0 Å². The van der Waals surface area contributed by atoms with E-state index in [1.807, 2.05) is 42.2 Å². The highest BCUT2D eigenvalue weighted by Gasteiger charge is 1.91. The first-order chi connectivity index (χ1) is 14.1. The number of hydrogen-bond donors (Lipinski definition) is 0. The van der Waals surface area contributed by atoms with E-state index >= 15 is 0 Å². The highest BCUT2D eigenvalue weighted by atomic mass is 16.4. The van der Waals surface area contributed by atoms with Crippen LogP contribution in [0.2, 0.25) is 0 Å². The maximum Gasteiger partial charge on any atom is 0.169 e. The molecular weight excluding hydrogens is 358 g/mol. The molecule has 0 amide bonds. The second-order valence-electron chi connectivity index (χ2n) is 7.71. The molecule has 0 unspecified atom stereocenters. The van der Waals surface area contributed by atoms with Gasteiger partial charge in [0.15, 0.2) is 12.4 Å².